The number of aromatic amines is 1. The van der Waals surface area contributed by atoms with Crippen molar-refractivity contribution in [3.05, 3.63) is 59.5 Å². The molecule has 0 atom stereocenters. The lowest BCUT2D eigenvalue weighted by molar-refractivity contribution is -0.133. The van der Waals surface area contributed by atoms with Gasteiger partial charge in [-0.1, -0.05) is 30.3 Å². The van der Waals surface area contributed by atoms with Crippen LogP contribution in [0, 0.1) is 5.41 Å². The summed E-state index contributed by atoms with van der Waals surface area (Å²) in [5, 5.41) is 11.5. The number of hydrogen-bond donors (Lipinski definition) is 2. The lowest BCUT2D eigenvalue weighted by Gasteiger charge is -2.40. The number of benzene rings is 1. The van der Waals surface area contributed by atoms with Crippen LogP contribution < -0.4 is 5.32 Å². The van der Waals surface area contributed by atoms with Crippen molar-refractivity contribution in [2.75, 3.05) is 19.6 Å². The number of likely N-dealkylation sites (tertiary alicyclic amines) is 1. The van der Waals surface area contributed by atoms with Gasteiger partial charge in [0.05, 0.1) is 5.41 Å². The molecular formula is C22H25N5O2S. The maximum atomic E-state index is 13.2. The minimum absolute atomic E-state index is 0.0674. The number of thiophene rings is 1. The maximum Gasteiger partial charge on any atom is 0.291 e. The van der Waals surface area contributed by atoms with Gasteiger partial charge in [0.1, 0.15) is 6.33 Å². The summed E-state index contributed by atoms with van der Waals surface area (Å²) in [5.41, 5.74) is 1.80. The van der Waals surface area contributed by atoms with E-state index in [0.717, 1.165) is 0 Å². The van der Waals surface area contributed by atoms with E-state index < -0.39 is 5.41 Å². The molecule has 0 radical (unpaired) electrons. The molecular weight excluding hydrogens is 398 g/mol. The highest BCUT2D eigenvalue weighted by Crippen LogP contribution is 2.39. The number of carbonyl (C=O) groups excluding carboxylic acids is 2. The second kappa shape index (κ2) is 8.79. The molecule has 0 aliphatic carbocycles. The highest BCUT2D eigenvalue weighted by Gasteiger charge is 2.42. The van der Waals surface area contributed by atoms with Crippen LogP contribution in [0.1, 0.15) is 35.9 Å². The molecule has 4 rings (SSSR count). The minimum Gasteiger partial charge on any atom is -0.356 e. The molecule has 3 heterocycles. The van der Waals surface area contributed by atoms with Crippen molar-refractivity contribution in [3.63, 3.8) is 0 Å². The van der Waals surface area contributed by atoms with Crippen LogP contribution in [-0.2, 0) is 11.2 Å². The van der Waals surface area contributed by atoms with Gasteiger partial charge in [-0.15, -0.1) is 11.3 Å². The zero-order chi connectivity index (χ0) is 21.0. The van der Waals surface area contributed by atoms with Gasteiger partial charge in [0.2, 0.25) is 11.7 Å². The summed E-state index contributed by atoms with van der Waals surface area (Å²) in [7, 11) is 0. The number of hydrogen-bond acceptors (Lipinski definition) is 5. The van der Waals surface area contributed by atoms with Gasteiger partial charge >= 0.3 is 0 Å². The number of rotatable bonds is 6. The van der Waals surface area contributed by atoms with Crippen LogP contribution in [0.3, 0.4) is 0 Å². The van der Waals surface area contributed by atoms with Gasteiger partial charge in [0.15, 0.2) is 0 Å². The number of nitrogens with zero attached hydrogens (tertiary/aromatic N) is 3. The Kier molecular flexibility index (Phi) is 5.94. The monoisotopic (exact) mass is 423 g/mol. The normalized spacial score (nSPS) is 15.7. The van der Waals surface area contributed by atoms with Crippen molar-refractivity contribution < 1.29 is 9.59 Å². The first-order chi connectivity index (χ1) is 14.6. The van der Waals surface area contributed by atoms with Gasteiger partial charge in [0, 0.05) is 24.5 Å². The average Bonchev–Trinajstić information content (AvgIpc) is 3.49. The van der Waals surface area contributed by atoms with Crippen LogP contribution in [0.4, 0.5) is 0 Å². The van der Waals surface area contributed by atoms with E-state index in [1.165, 1.54) is 22.3 Å². The van der Waals surface area contributed by atoms with E-state index in [9.17, 15) is 9.59 Å². The van der Waals surface area contributed by atoms with Gasteiger partial charge in [-0.05, 0) is 48.8 Å². The molecule has 1 aromatic carbocycles. The first-order valence-corrected chi connectivity index (χ1v) is 11.1. The molecule has 0 bridgehead atoms. The predicted molar refractivity (Wildman–Crippen MR) is 116 cm³/mol. The van der Waals surface area contributed by atoms with Crippen LogP contribution >= 0.6 is 11.3 Å². The second-order valence-electron chi connectivity index (χ2n) is 7.58. The highest BCUT2D eigenvalue weighted by molar-refractivity contribution is 7.13. The van der Waals surface area contributed by atoms with Gasteiger partial charge in [0.25, 0.3) is 5.91 Å². The number of nitrogens with one attached hydrogen (secondary N) is 2. The molecule has 2 N–H and O–H groups in total. The SMILES string of the molecule is CCNC(=O)C1(Cc2ccccc2-c2cccs2)CCN(C(=O)c2ncn[nH]2)CC1. The number of amides is 2. The smallest absolute Gasteiger partial charge is 0.291 e. The van der Waals surface area contributed by atoms with Crippen LogP contribution in [0.5, 0.6) is 0 Å². The number of H-pyrrole nitrogens is 1. The summed E-state index contributed by atoms with van der Waals surface area (Å²) in [6.45, 7) is 3.55. The zero-order valence-electron chi connectivity index (χ0n) is 16.9. The predicted octanol–water partition coefficient (Wildman–Crippen LogP) is 3.13. The van der Waals surface area contributed by atoms with Crippen LogP contribution in [-0.4, -0.2) is 51.5 Å². The first kappa shape index (κ1) is 20.3. The van der Waals surface area contributed by atoms with Gasteiger partial charge in [-0.2, -0.15) is 5.10 Å². The Morgan fingerprint density at radius 3 is 2.67 bits per heavy atom. The quantitative estimate of drug-likeness (QED) is 0.637. The van der Waals surface area contributed by atoms with Crippen LogP contribution in [0.15, 0.2) is 48.1 Å². The number of aromatic nitrogens is 3. The molecule has 30 heavy (non-hydrogen) atoms. The molecule has 7 nitrogen and oxygen atoms in total. The third kappa shape index (κ3) is 4.00. The standard InChI is InChI=1S/C22H25N5O2S/c1-2-23-21(29)22(9-11-27(12-10-22)20(28)19-24-15-25-26-19)14-16-6-3-4-7-17(16)18-8-5-13-30-18/h3-8,13,15H,2,9-12,14H2,1H3,(H,23,29)(H,24,25,26). The summed E-state index contributed by atoms with van der Waals surface area (Å²) < 4.78 is 0. The lowest BCUT2D eigenvalue weighted by Crippen LogP contribution is -2.51. The van der Waals surface area contributed by atoms with Gasteiger partial charge in [-0.3, -0.25) is 14.7 Å². The Balaban J connectivity index is 1.58. The summed E-state index contributed by atoms with van der Waals surface area (Å²) >= 11 is 1.70. The average molecular weight is 424 g/mol. The van der Waals surface area contributed by atoms with E-state index in [2.05, 4.69) is 44.1 Å². The zero-order valence-corrected chi connectivity index (χ0v) is 17.7. The molecule has 8 heteroatoms. The van der Waals surface area contributed by atoms with Crippen molar-refractivity contribution in [2.45, 2.75) is 26.2 Å². The molecule has 1 aliphatic rings. The minimum atomic E-state index is -0.540. The summed E-state index contributed by atoms with van der Waals surface area (Å²) in [4.78, 5) is 32.7. The summed E-state index contributed by atoms with van der Waals surface area (Å²) in [5.74, 6) is 0.136. The fraction of sp³-hybridized carbons (Fsp3) is 0.364. The largest absolute Gasteiger partial charge is 0.356 e. The van der Waals surface area contributed by atoms with Crippen molar-refractivity contribution in [3.8, 4) is 10.4 Å². The molecule has 2 amide bonds. The second-order valence-corrected chi connectivity index (χ2v) is 8.52. The first-order valence-electron chi connectivity index (χ1n) is 10.2. The Morgan fingerprint density at radius 1 is 1.20 bits per heavy atom. The van der Waals surface area contributed by atoms with E-state index in [4.69, 9.17) is 0 Å². The fourth-order valence-electron chi connectivity index (χ4n) is 4.14. The summed E-state index contributed by atoms with van der Waals surface area (Å²) in [6, 6.07) is 12.5. The van der Waals surface area contributed by atoms with E-state index in [1.807, 2.05) is 25.1 Å². The molecule has 1 saturated heterocycles. The molecule has 0 spiro atoms. The van der Waals surface area contributed by atoms with Crippen LogP contribution in [0.2, 0.25) is 0 Å². The third-order valence-corrected chi connectivity index (χ3v) is 6.68. The number of piperidine rings is 1. The Hall–Kier alpha value is -3.00. The molecule has 2 aromatic heterocycles. The van der Waals surface area contributed by atoms with Crippen LogP contribution in [0.25, 0.3) is 10.4 Å². The van der Waals surface area contributed by atoms with E-state index in [1.54, 1.807) is 16.2 Å². The highest BCUT2D eigenvalue weighted by atomic mass is 32.1. The van der Waals surface area contributed by atoms with Crippen molar-refractivity contribution in [2.24, 2.45) is 5.41 Å². The molecule has 3 aromatic rings. The topological polar surface area (TPSA) is 91.0 Å². The van der Waals surface area contributed by atoms with Crippen molar-refractivity contribution >= 4 is 23.2 Å². The Labute approximate surface area is 179 Å². The lowest BCUT2D eigenvalue weighted by atomic mass is 9.72. The molecule has 156 valence electrons. The molecule has 0 unspecified atom stereocenters. The molecule has 0 saturated carbocycles. The fourth-order valence-corrected chi connectivity index (χ4v) is 4.93. The molecule has 1 fully saturated rings. The van der Waals surface area contributed by atoms with Crippen molar-refractivity contribution in [1.82, 2.24) is 25.4 Å². The number of carbonyl (C=O) groups is 2. The third-order valence-electron chi connectivity index (χ3n) is 5.78. The maximum absolute atomic E-state index is 13.2. The van der Waals surface area contributed by atoms with E-state index in [-0.39, 0.29) is 17.6 Å². The van der Waals surface area contributed by atoms with Gasteiger partial charge < -0.3 is 10.2 Å². The van der Waals surface area contributed by atoms with E-state index in [0.29, 0.717) is 38.9 Å². The van der Waals surface area contributed by atoms with E-state index >= 15 is 0 Å². The summed E-state index contributed by atoms with van der Waals surface area (Å²) in [6.07, 6.45) is 3.20. The van der Waals surface area contributed by atoms with Gasteiger partial charge in [-0.25, -0.2) is 4.98 Å². The Morgan fingerprint density at radius 2 is 2.00 bits per heavy atom. The van der Waals surface area contributed by atoms with Crippen molar-refractivity contribution in [1.29, 1.82) is 0 Å². The molecule has 1 aliphatic heterocycles. The Bertz CT molecular complexity index is 992.